The lowest BCUT2D eigenvalue weighted by atomic mass is 10.1. The van der Waals surface area contributed by atoms with Crippen molar-refractivity contribution in [2.24, 2.45) is 0 Å². The van der Waals surface area contributed by atoms with Crippen LogP contribution >= 0.6 is 0 Å². The third-order valence-corrected chi connectivity index (χ3v) is 2.99. The van der Waals surface area contributed by atoms with E-state index in [1.807, 2.05) is 24.4 Å². The molecular formula is C16H14N2. The van der Waals surface area contributed by atoms with Crippen LogP contribution in [0, 0.1) is 6.92 Å². The topological polar surface area (TPSA) is 24.9 Å². The van der Waals surface area contributed by atoms with Crippen LogP contribution in [-0.2, 0) is 0 Å². The minimum absolute atomic E-state index is 0.900. The minimum Gasteiger partial charge on any atom is -0.340 e. The Labute approximate surface area is 106 Å². The van der Waals surface area contributed by atoms with Gasteiger partial charge in [0.2, 0.25) is 0 Å². The summed E-state index contributed by atoms with van der Waals surface area (Å²) < 4.78 is 0. The molecule has 2 aromatic carbocycles. The number of nitrogens with zero attached hydrogens (tertiary/aromatic N) is 1. The molecule has 0 spiro atoms. The number of anilines is 2. The standard InChI is InChI=1S/C16H14N2/c1-12-6-8-14(9-7-12)18-16-15-5-3-2-4-13(15)10-11-17-16/h2-11H,1H3,(H,17,18). The summed E-state index contributed by atoms with van der Waals surface area (Å²) >= 11 is 0. The van der Waals surface area contributed by atoms with Gasteiger partial charge in [0.25, 0.3) is 0 Å². The third kappa shape index (κ3) is 2.05. The fourth-order valence-corrected chi connectivity index (χ4v) is 1.99. The Hall–Kier alpha value is -2.35. The van der Waals surface area contributed by atoms with Gasteiger partial charge in [-0.15, -0.1) is 0 Å². The monoisotopic (exact) mass is 234 g/mol. The van der Waals surface area contributed by atoms with E-state index in [1.165, 1.54) is 10.9 Å². The molecule has 3 aromatic rings. The van der Waals surface area contributed by atoms with Crippen LogP contribution in [0.25, 0.3) is 10.8 Å². The zero-order valence-corrected chi connectivity index (χ0v) is 10.2. The summed E-state index contributed by atoms with van der Waals surface area (Å²) in [7, 11) is 0. The molecule has 0 bridgehead atoms. The molecule has 2 heteroatoms. The highest BCUT2D eigenvalue weighted by atomic mass is 15.0. The zero-order valence-electron chi connectivity index (χ0n) is 10.2. The van der Waals surface area contributed by atoms with Crippen LogP contribution in [0.4, 0.5) is 11.5 Å². The number of pyridine rings is 1. The molecule has 1 heterocycles. The molecule has 0 unspecified atom stereocenters. The third-order valence-electron chi connectivity index (χ3n) is 2.99. The van der Waals surface area contributed by atoms with E-state index in [2.05, 4.69) is 53.6 Å². The molecule has 1 aromatic heterocycles. The first kappa shape index (κ1) is 10.8. The SMILES string of the molecule is Cc1ccc(Nc2nccc3ccccc23)cc1. The van der Waals surface area contributed by atoms with Crippen molar-refractivity contribution in [3.05, 3.63) is 66.4 Å². The van der Waals surface area contributed by atoms with Crippen molar-refractivity contribution in [1.82, 2.24) is 4.98 Å². The molecule has 3 rings (SSSR count). The Morgan fingerprint density at radius 1 is 0.889 bits per heavy atom. The molecule has 0 saturated heterocycles. The molecule has 88 valence electrons. The molecule has 0 aliphatic rings. The van der Waals surface area contributed by atoms with E-state index in [4.69, 9.17) is 0 Å². The van der Waals surface area contributed by atoms with Crippen molar-refractivity contribution in [3.63, 3.8) is 0 Å². The smallest absolute Gasteiger partial charge is 0.138 e. The molecule has 1 N–H and O–H groups in total. The van der Waals surface area contributed by atoms with Gasteiger partial charge in [-0.3, -0.25) is 0 Å². The van der Waals surface area contributed by atoms with Gasteiger partial charge in [-0.25, -0.2) is 4.98 Å². The first-order valence-electron chi connectivity index (χ1n) is 6.00. The average Bonchev–Trinajstić information content (AvgIpc) is 2.42. The lowest BCUT2D eigenvalue weighted by molar-refractivity contribution is 1.33. The van der Waals surface area contributed by atoms with Crippen molar-refractivity contribution in [2.45, 2.75) is 6.92 Å². The fourth-order valence-electron chi connectivity index (χ4n) is 1.99. The number of rotatable bonds is 2. The van der Waals surface area contributed by atoms with Crippen LogP contribution in [0.1, 0.15) is 5.56 Å². The summed E-state index contributed by atoms with van der Waals surface area (Å²) in [4.78, 5) is 4.41. The van der Waals surface area contributed by atoms with Crippen molar-refractivity contribution < 1.29 is 0 Å². The predicted molar refractivity (Wildman–Crippen MR) is 76.2 cm³/mol. The van der Waals surface area contributed by atoms with E-state index in [9.17, 15) is 0 Å². The maximum absolute atomic E-state index is 4.41. The summed E-state index contributed by atoms with van der Waals surface area (Å²) in [5.41, 5.74) is 2.32. The maximum atomic E-state index is 4.41. The Morgan fingerprint density at radius 2 is 1.67 bits per heavy atom. The van der Waals surface area contributed by atoms with E-state index in [1.54, 1.807) is 0 Å². The molecule has 0 atom stereocenters. The van der Waals surface area contributed by atoms with Gasteiger partial charge in [0, 0.05) is 17.3 Å². The number of hydrogen-bond acceptors (Lipinski definition) is 2. The highest BCUT2D eigenvalue weighted by molar-refractivity contribution is 5.93. The summed E-state index contributed by atoms with van der Waals surface area (Å²) in [6.07, 6.45) is 1.83. The van der Waals surface area contributed by atoms with Gasteiger partial charge in [0.05, 0.1) is 0 Å². The van der Waals surface area contributed by atoms with Crippen molar-refractivity contribution in [2.75, 3.05) is 5.32 Å². The van der Waals surface area contributed by atoms with Crippen molar-refractivity contribution >= 4 is 22.3 Å². The highest BCUT2D eigenvalue weighted by Crippen LogP contribution is 2.23. The lowest BCUT2D eigenvalue weighted by Gasteiger charge is -2.08. The van der Waals surface area contributed by atoms with Crippen molar-refractivity contribution in [3.8, 4) is 0 Å². The molecule has 0 saturated carbocycles. The van der Waals surface area contributed by atoms with Crippen LogP contribution in [0.2, 0.25) is 0 Å². The van der Waals surface area contributed by atoms with Gasteiger partial charge in [0.15, 0.2) is 0 Å². The first-order chi connectivity index (χ1) is 8.83. The van der Waals surface area contributed by atoms with Gasteiger partial charge in [-0.1, -0.05) is 42.0 Å². The van der Waals surface area contributed by atoms with E-state index < -0.39 is 0 Å². The number of nitrogens with one attached hydrogen (secondary N) is 1. The Balaban J connectivity index is 2.02. The van der Waals surface area contributed by atoms with E-state index in [-0.39, 0.29) is 0 Å². The van der Waals surface area contributed by atoms with Gasteiger partial charge in [0.1, 0.15) is 5.82 Å². The maximum Gasteiger partial charge on any atom is 0.138 e. The molecule has 0 aliphatic heterocycles. The van der Waals surface area contributed by atoms with Gasteiger partial charge in [-0.05, 0) is 30.5 Å². The Bertz CT molecular complexity index is 667. The fraction of sp³-hybridized carbons (Fsp3) is 0.0625. The second-order valence-electron chi connectivity index (χ2n) is 4.37. The second-order valence-corrected chi connectivity index (χ2v) is 4.37. The number of aryl methyl sites for hydroxylation is 1. The van der Waals surface area contributed by atoms with Gasteiger partial charge in [-0.2, -0.15) is 0 Å². The van der Waals surface area contributed by atoms with Gasteiger partial charge >= 0.3 is 0 Å². The van der Waals surface area contributed by atoms with E-state index in [0.29, 0.717) is 0 Å². The summed E-state index contributed by atoms with van der Waals surface area (Å²) in [6, 6.07) is 18.6. The molecule has 0 radical (unpaired) electrons. The van der Waals surface area contributed by atoms with Crippen LogP contribution in [0.15, 0.2) is 60.8 Å². The first-order valence-corrected chi connectivity index (χ1v) is 6.00. The number of aromatic nitrogens is 1. The zero-order chi connectivity index (χ0) is 12.4. The summed E-state index contributed by atoms with van der Waals surface area (Å²) in [6.45, 7) is 2.08. The number of fused-ring (bicyclic) bond motifs is 1. The van der Waals surface area contributed by atoms with Crippen LogP contribution in [0.5, 0.6) is 0 Å². The van der Waals surface area contributed by atoms with E-state index in [0.717, 1.165) is 16.9 Å². The molecule has 0 amide bonds. The van der Waals surface area contributed by atoms with E-state index >= 15 is 0 Å². The highest BCUT2D eigenvalue weighted by Gasteiger charge is 2.01. The average molecular weight is 234 g/mol. The quantitative estimate of drug-likeness (QED) is 0.715. The molecule has 0 aliphatic carbocycles. The Kier molecular flexibility index (Phi) is 2.69. The molecule has 2 nitrogen and oxygen atoms in total. The summed E-state index contributed by atoms with van der Waals surface area (Å²) in [5, 5.41) is 5.70. The van der Waals surface area contributed by atoms with Crippen molar-refractivity contribution in [1.29, 1.82) is 0 Å². The Morgan fingerprint density at radius 3 is 2.50 bits per heavy atom. The number of hydrogen-bond donors (Lipinski definition) is 1. The largest absolute Gasteiger partial charge is 0.340 e. The van der Waals surface area contributed by atoms with Crippen LogP contribution < -0.4 is 5.32 Å². The van der Waals surface area contributed by atoms with Crippen LogP contribution in [0.3, 0.4) is 0 Å². The minimum atomic E-state index is 0.900. The lowest BCUT2D eigenvalue weighted by Crippen LogP contribution is -1.94. The normalized spacial score (nSPS) is 10.5. The molecule has 0 fully saturated rings. The molecular weight excluding hydrogens is 220 g/mol. The second kappa shape index (κ2) is 4.49. The van der Waals surface area contributed by atoms with Crippen LogP contribution in [-0.4, -0.2) is 4.98 Å². The number of benzene rings is 2. The molecule has 18 heavy (non-hydrogen) atoms. The summed E-state index contributed by atoms with van der Waals surface area (Å²) in [5.74, 6) is 0.900. The van der Waals surface area contributed by atoms with Gasteiger partial charge < -0.3 is 5.32 Å². The predicted octanol–water partition coefficient (Wildman–Crippen LogP) is 4.29.